The van der Waals surface area contributed by atoms with Crippen LogP contribution in [0.5, 0.6) is 0 Å². The number of ketones is 2. The van der Waals surface area contributed by atoms with Crippen molar-refractivity contribution < 1.29 is 9.59 Å². The number of rotatable bonds is 5. The molecule has 1 fully saturated rings. The average Bonchev–Trinajstić information content (AvgIpc) is 3.49. The second-order valence-corrected chi connectivity index (χ2v) is 9.69. The van der Waals surface area contributed by atoms with Crippen molar-refractivity contribution in [2.45, 2.75) is 52.4 Å². The van der Waals surface area contributed by atoms with Gasteiger partial charge in [0.15, 0.2) is 5.78 Å². The van der Waals surface area contributed by atoms with Crippen LogP contribution in [0.15, 0.2) is 9.59 Å². The predicted molar refractivity (Wildman–Crippen MR) is 127 cm³/mol. The molecule has 0 amide bonds. The Kier molecular flexibility index (Phi) is 5.73. The highest BCUT2D eigenvalue weighted by Gasteiger charge is 2.32. The molecule has 174 valence electrons. The standard InChI is InChI=1S/C23H27N5O4S/c1-10-14(12(3)29)11(2)25-16(10)18(30)19-17(13-8-6-7-9-13)26-21(33-19)15-20(24)27(4)23(32)28(5)22(15)31/h13,25H,6-9,24H2,1-5H3. The van der Waals surface area contributed by atoms with Crippen LogP contribution in [0.3, 0.4) is 0 Å². The summed E-state index contributed by atoms with van der Waals surface area (Å²) in [6, 6.07) is 0. The van der Waals surface area contributed by atoms with Crippen molar-refractivity contribution in [3.05, 3.63) is 53.9 Å². The summed E-state index contributed by atoms with van der Waals surface area (Å²) >= 11 is 1.11. The molecule has 0 spiro atoms. The van der Waals surface area contributed by atoms with E-state index in [9.17, 15) is 19.2 Å². The molecule has 3 N–H and O–H groups in total. The number of nitrogen functional groups attached to an aromatic ring is 1. The van der Waals surface area contributed by atoms with Gasteiger partial charge in [-0.3, -0.25) is 23.5 Å². The van der Waals surface area contributed by atoms with Crippen LogP contribution in [0.2, 0.25) is 0 Å². The SMILES string of the molecule is CC(=O)c1c(C)[nH]c(C(=O)c2sc(-c3c(N)n(C)c(=O)n(C)c3=O)nc2C2CCCC2)c1C. The van der Waals surface area contributed by atoms with Gasteiger partial charge in [0.25, 0.3) is 5.56 Å². The van der Waals surface area contributed by atoms with E-state index in [1.165, 1.54) is 25.6 Å². The van der Waals surface area contributed by atoms with Gasteiger partial charge in [0.2, 0.25) is 5.78 Å². The molecule has 0 saturated heterocycles. The van der Waals surface area contributed by atoms with E-state index in [0.29, 0.717) is 38.1 Å². The summed E-state index contributed by atoms with van der Waals surface area (Å²) < 4.78 is 2.19. The van der Waals surface area contributed by atoms with Gasteiger partial charge < -0.3 is 10.7 Å². The van der Waals surface area contributed by atoms with Gasteiger partial charge in [0.1, 0.15) is 21.3 Å². The Bertz CT molecular complexity index is 1420. The minimum atomic E-state index is -0.549. The van der Waals surface area contributed by atoms with Crippen molar-refractivity contribution in [2.24, 2.45) is 14.1 Å². The summed E-state index contributed by atoms with van der Waals surface area (Å²) in [6.45, 7) is 5.00. The fourth-order valence-electron chi connectivity index (χ4n) is 4.76. The lowest BCUT2D eigenvalue weighted by Gasteiger charge is -2.09. The van der Waals surface area contributed by atoms with E-state index in [0.717, 1.165) is 41.6 Å². The summed E-state index contributed by atoms with van der Waals surface area (Å²) in [5, 5.41) is 0.321. The quantitative estimate of drug-likeness (QED) is 0.552. The number of carbonyl (C=O) groups is 2. The van der Waals surface area contributed by atoms with Crippen LogP contribution in [0.25, 0.3) is 10.6 Å². The first kappa shape index (κ1) is 22.9. The van der Waals surface area contributed by atoms with Crippen molar-refractivity contribution in [2.75, 3.05) is 5.73 Å². The molecule has 10 heteroatoms. The first-order valence-corrected chi connectivity index (χ1v) is 11.7. The second-order valence-electron chi connectivity index (χ2n) is 8.69. The van der Waals surface area contributed by atoms with Gasteiger partial charge >= 0.3 is 5.69 Å². The number of anilines is 1. The zero-order valence-corrected chi connectivity index (χ0v) is 20.2. The third-order valence-corrected chi connectivity index (χ3v) is 7.63. The normalized spacial score (nSPS) is 14.2. The number of nitrogens with one attached hydrogen (secondary N) is 1. The topological polar surface area (TPSA) is 133 Å². The van der Waals surface area contributed by atoms with Gasteiger partial charge in [-0.05, 0) is 39.2 Å². The molecule has 0 bridgehead atoms. The van der Waals surface area contributed by atoms with Crippen LogP contribution in [0.4, 0.5) is 5.82 Å². The molecule has 4 rings (SSSR count). The van der Waals surface area contributed by atoms with E-state index < -0.39 is 11.2 Å². The maximum atomic E-state index is 13.7. The van der Waals surface area contributed by atoms with Crippen molar-refractivity contribution >= 4 is 28.7 Å². The Balaban J connectivity index is 1.94. The van der Waals surface area contributed by atoms with E-state index in [1.807, 2.05) is 0 Å². The number of aromatic amines is 1. The van der Waals surface area contributed by atoms with Gasteiger partial charge in [-0.1, -0.05) is 12.8 Å². The number of nitrogens with two attached hydrogens (primary N) is 1. The zero-order chi connectivity index (χ0) is 24.2. The summed E-state index contributed by atoms with van der Waals surface area (Å²) in [5.41, 5.74) is 7.97. The molecule has 1 aliphatic rings. The molecule has 1 saturated carbocycles. The highest BCUT2D eigenvalue weighted by molar-refractivity contribution is 7.17. The maximum Gasteiger partial charge on any atom is 0.332 e. The zero-order valence-electron chi connectivity index (χ0n) is 19.4. The number of aryl methyl sites for hydroxylation is 1. The van der Waals surface area contributed by atoms with Crippen LogP contribution >= 0.6 is 11.3 Å². The van der Waals surface area contributed by atoms with Crippen molar-refractivity contribution in [3.8, 4) is 10.6 Å². The van der Waals surface area contributed by atoms with Gasteiger partial charge in [-0.25, -0.2) is 9.78 Å². The molecule has 3 aromatic heterocycles. The van der Waals surface area contributed by atoms with Crippen LogP contribution in [-0.4, -0.2) is 30.7 Å². The predicted octanol–water partition coefficient (Wildman–Crippen LogP) is 2.83. The molecule has 3 aromatic rings. The molecule has 0 aliphatic heterocycles. The number of aromatic nitrogens is 4. The largest absolute Gasteiger partial charge is 0.384 e. The second kappa shape index (κ2) is 8.26. The van der Waals surface area contributed by atoms with Crippen LogP contribution in [-0.2, 0) is 14.1 Å². The molecule has 1 aliphatic carbocycles. The minimum Gasteiger partial charge on any atom is -0.384 e. The highest BCUT2D eigenvalue weighted by Crippen LogP contribution is 2.41. The highest BCUT2D eigenvalue weighted by atomic mass is 32.1. The molecular formula is C23H27N5O4S. The summed E-state index contributed by atoms with van der Waals surface area (Å²) in [7, 11) is 2.88. The van der Waals surface area contributed by atoms with Crippen molar-refractivity contribution in [1.29, 1.82) is 0 Å². The Labute approximate surface area is 194 Å². The first-order valence-electron chi connectivity index (χ1n) is 10.9. The van der Waals surface area contributed by atoms with Crippen molar-refractivity contribution in [1.82, 2.24) is 19.1 Å². The number of hydrogen-bond donors (Lipinski definition) is 2. The lowest BCUT2D eigenvalue weighted by Crippen LogP contribution is -2.39. The van der Waals surface area contributed by atoms with E-state index >= 15 is 0 Å². The molecule has 0 aromatic carbocycles. The smallest absolute Gasteiger partial charge is 0.332 e. The Morgan fingerprint density at radius 3 is 2.33 bits per heavy atom. The van der Waals surface area contributed by atoms with Gasteiger partial charge in [-0.15, -0.1) is 11.3 Å². The third-order valence-electron chi connectivity index (χ3n) is 6.54. The number of nitrogens with zero attached hydrogens (tertiary/aromatic N) is 3. The summed E-state index contributed by atoms with van der Waals surface area (Å²) in [4.78, 5) is 59.2. The molecule has 9 nitrogen and oxygen atoms in total. The number of H-pyrrole nitrogens is 1. The lowest BCUT2D eigenvalue weighted by molar-refractivity contribution is 0.101. The van der Waals surface area contributed by atoms with Crippen LogP contribution in [0, 0.1) is 13.8 Å². The monoisotopic (exact) mass is 469 g/mol. The van der Waals surface area contributed by atoms with E-state index in [2.05, 4.69) is 4.98 Å². The van der Waals surface area contributed by atoms with Crippen LogP contribution in [0.1, 0.15) is 81.2 Å². The fraction of sp³-hybridized carbons (Fsp3) is 0.435. The Hall–Kier alpha value is -3.27. The van der Waals surface area contributed by atoms with E-state index in [4.69, 9.17) is 10.7 Å². The lowest BCUT2D eigenvalue weighted by atomic mass is 9.99. The molecule has 3 heterocycles. The van der Waals surface area contributed by atoms with Gasteiger partial charge in [-0.2, -0.15) is 0 Å². The first-order chi connectivity index (χ1) is 15.5. The maximum absolute atomic E-state index is 13.7. The number of hydrogen-bond acceptors (Lipinski definition) is 7. The molecule has 0 radical (unpaired) electrons. The molecule has 0 unspecified atom stereocenters. The number of thiazole rings is 1. The average molecular weight is 470 g/mol. The van der Waals surface area contributed by atoms with Crippen LogP contribution < -0.4 is 17.0 Å². The Morgan fingerprint density at radius 1 is 1.12 bits per heavy atom. The van der Waals surface area contributed by atoms with E-state index in [1.54, 1.807) is 13.8 Å². The molecule has 33 heavy (non-hydrogen) atoms. The summed E-state index contributed by atoms with van der Waals surface area (Å²) in [5.74, 6) is -0.244. The molecular weight excluding hydrogens is 442 g/mol. The fourth-order valence-corrected chi connectivity index (χ4v) is 5.90. The number of Topliss-reactive ketones (excluding diaryl/α,β-unsaturated/α-hetero) is 1. The molecule has 0 atom stereocenters. The summed E-state index contributed by atoms with van der Waals surface area (Å²) in [6.07, 6.45) is 3.91. The van der Waals surface area contributed by atoms with E-state index in [-0.39, 0.29) is 28.9 Å². The third kappa shape index (κ3) is 3.58. The number of carbonyl (C=O) groups excluding carboxylic acids is 2. The van der Waals surface area contributed by atoms with Gasteiger partial charge in [0, 0.05) is 31.3 Å². The van der Waals surface area contributed by atoms with Gasteiger partial charge in [0.05, 0.1) is 11.4 Å². The van der Waals surface area contributed by atoms with Crippen molar-refractivity contribution in [3.63, 3.8) is 0 Å². The minimum absolute atomic E-state index is 0.0135. The Morgan fingerprint density at radius 2 is 1.76 bits per heavy atom.